The van der Waals surface area contributed by atoms with Crippen LogP contribution in [0.4, 0.5) is 4.79 Å². The molecule has 0 radical (unpaired) electrons. The van der Waals surface area contributed by atoms with Crippen molar-refractivity contribution in [2.75, 3.05) is 6.61 Å². The van der Waals surface area contributed by atoms with Gasteiger partial charge >= 0.3 is 6.09 Å². The Morgan fingerprint density at radius 2 is 1.72 bits per heavy atom. The summed E-state index contributed by atoms with van der Waals surface area (Å²) in [5.74, 6) is -0.806. The number of ether oxygens (including phenoxy) is 4. The molecule has 0 saturated carbocycles. The number of hydrogen-bond acceptors (Lipinski definition) is 9. The van der Waals surface area contributed by atoms with Crippen LogP contribution in [0.5, 0.6) is 0 Å². The zero-order valence-electron chi connectivity index (χ0n) is 21.3. The Labute approximate surface area is 213 Å². The van der Waals surface area contributed by atoms with Gasteiger partial charge in [0, 0.05) is 6.61 Å². The van der Waals surface area contributed by atoms with E-state index in [9.17, 15) is 13.2 Å². The van der Waals surface area contributed by atoms with Crippen LogP contribution in [0.1, 0.15) is 72.1 Å². The van der Waals surface area contributed by atoms with Crippen LogP contribution >= 0.6 is 0 Å². The maximum atomic E-state index is 12.2. The summed E-state index contributed by atoms with van der Waals surface area (Å²) in [6, 6.07) is 7.48. The number of carbonyl (C=O) groups is 1. The van der Waals surface area contributed by atoms with Crippen molar-refractivity contribution in [1.29, 1.82) is 0 Å². The zero-order valence-corrected chi connectivity index (χ0v) is 22.1. The Bertz CT molecular complexity index is 954. The van der Waals surface area contributed by atoms with Crippen LogP contribution in [-0.2, 0) is 33.8 Å². The molecule has 202 valence electrons. The molecule has 0 aliphatic carbocycles. The van der Waals surface area contributed by atoms with E-state index in [0.717, 1.165) is 12.8 Å². The lowest BCUT2D eigenvalue weighted by atomic mass is 10.1. The van der Waals surface area contributed by atoms with Crippen LogP contribution < -0.4 is 4.72 Å². The molecule has 2 saturated heterocycles. The standard InChI is InChI=1S/C25H38N2O8S/c1-4-5-6-7-8-9-10-14-17-31-21-20(32-23-22(21)33-25(2,3)34-23)18-26-35-24(28)27-36(29,30)19-15-12-11-13-16-19/h11-13,15-16,18,20-23H,4-10,14,17H2,1-3H3,(H,27,28)/t20-,21+,22-,23-/m1/s1. The van der Waals surface area contributed by atoms with E-state index < -0.39 is 46.5 Å². The third-order valence-electron chi connectivity index (χ3n) is 5.95. The third-order valence-corrected chi connectivity index (χ3v) is 7.28. The highest BCUT2D eigenvalue weighted by atomic mass is 32.2. The molecule has 0 spiro atoms. The second kappa shape index (κ2) is 13.5. The summed E-state index contributed by atoms with van der Waals surface area (Å²) < 4.78 is 50.0. The van der Waals surface area contributed by atoms with E-state index in [1.807, 2.05) is 0 Å². The summed E-state index contributed by atoms with van der Waals surface area (Å²) >= 11 is 0. The average Bonchev–Trinajstić information content (AvgIpc) is 3.29. The molecule has 2 heterocycles. The average molecular weight is 527 g/mol. The molecule has 3 rings (SSSR count). The number of carbonyl (C=O) groups excluding carboxylic acids is 1. The van der Waals surface area contributed by atoms with Gasteiger partial charge in [0.25, 0.3) is 10.0 Å². The number of nitrogens with zero attached hydrogens (tertiary/aromatic N) is 1. The van der Waals surface area contributed by atoms with Gasteiger partial charge in [0.05, 0.1) is 11.1 Å². The van der Waals surface area contributed by atoms with Gasteiger partial charge in [0.2, 0.25) is 0 Å². The van der Waals surface area contributed by atoms with Crippen LogP contribution in [0.2, 0.25) is 0 Å². The number of fused-ring (bicyclic) bond motifs is 1. The monoisotopic (exact) mass is 526 g/mol. The molecule has 4 atom stereocenters. The Balaban J connectivity index is 1.47. The fourth-order valence-electron chi connectivity index (χ4n) is 4.19. The van der Waals surface area contributed by atoms with Gasteiger partial charge in [0.1, 0.15) is 18.3 Å². The fraction of sp³-hybridized carbons (Fsp3) is 0.680. The minimum absolute atomic E-state index is 0.0655. The molecular formula is C25H38N2O8S. The first-order valence-corrected chi connectivity index (χ1v) is 14.2. The molecule has 0 aromatic heterocycles. The Kier molecular flexibility index (Phi) is 10.7. The lowest BCUT2D eigenvalue weighted by molar-refractivity contribution is -0.209. The van der Waals surface area contributed by atoms with Gasteiger partial charge in [-0.05, 0) is 32.4 Å². The molecule has 10 nitrogen and oxygen atoms in total. The molecule has 1 amide bonds. The maximum Gasteiger partial charge on any atom is 0.447 e. The smallest absolute Gasteiger partial charge is 0.372 e. The summed E-state index contributed by atoms with van der Waals surface area (Å²) in [4.78, 5) is 16.6. The molecule has 1 aromatic rings. The molecule has 2 aliphatic heterocycles. The van der Waals surface area contributed by atoms with E-state index in [-0.39, 0.29) is 4.90 Å². The zero-order chi connectivity index (χ0) is 26.0. The molecule has 2 fully saturated rings. The van der Waals surface area contributed by atoms with E-state index in [1.165, 1.54) is 56.9 Å². The third kappa shape index (κ3) is 8.52. The van der Waals surface area contributed by atoms with Crippen molar-refractivity contribution in [2.24, 2.45) is 5.16 Å². The lowest BCUT2D eigenvalue weighted by Crippen LogP contribution is -2.38. The van der Waals surface area contributed by atoms with Gasteiger partial charge in [0.15, 0.2) is 12.1 Å². The largest absolute Gasteiger partial charge is 0.447 e. The molecule has 0 unspecified atom stereocenters. The Morgan fingerprint density at radius 1 is 1.06 bits per heavy atom. The van der Waals surface area contributed by atoms with Crippen molar-refractivity contribution >= 4 is 22.3 Å². The van der Waals surface area contributed by atoms with Gasteiger partial charge in [-0.1, -0.05) is 75.2 Å². The van der Waals surface area contributed by atoms with Crippen molar-refractivity contribution in [2.45, 2.75) is 107 Å². The van der Waals surface area contributed by atoms with Crippen LogP contribution in [0.3, 0.4) is 0 Å². The Hall–Kier alpha value is -2.05. The number of amides is 1. The molecular weight excluding hydrogens is 488 g/mol. The predicted octanol–water partition coefficient (Wildman–Crippen LogP) is 4.49. The quantitative estimate of drug-likeness (QED) is 0.163. The van der Waals surface area contributed by atoms with Crippen LogP contribution in [-0.4, -0.2) is 57.7 Å². The van der Waals surface area contributed by atoms with E-state index in [4.69, 9.17) is 23.8 Å². The number of nitrogens with one attached hydrogen (secondary N) is 1. The van der Waals surface area contributed by atoms with Crippen molar-refractivity contribution in [3.05, 3.63) is 30.3 Å². The predicted molar refractivity (Wildman–Crippen MR) is 133 cm³/mol. The molecule has 2 aliphatic rings. The van der Waals surface area contributed by atoms with E-state index >= 15 is 0 Å². The number of rotatable bonds is 14. The number of hydrogen-bond donors (Lipinski definition) is 1. The van der Waals surface area contributed by atoms with Crippen molar-refractivity contribution in [3.63, 3.8) is 0 Å². The molecule has 0 bridgehead atoms. The van der Waals surface area contributed by atoms with Gasteiger partial charge in [-0.3, -0.25) is 4.84 Å². The minimum Gasteiger partial charge on any atom is -0.372 e. The summed E-state index contributed by atoms with van der Waals surface area (Å²) in [5, 5.41) is 3.62. The Morgan fingerprint density at radius 3 is 2.42 bits per heavy atom. The van der Waals surface area contributed by atoms with E-state index in [1.54, 1.807) is 36.8 Å². The molecule has 1 aromatic carbocycles. The normalized spacial score (nSPS) is 25.2. The second-order valence-electron chi connectivity index (χ2n) is 9.43. The molecule has 1 N–H and O–H groups in total. The van der Waals surface area contributed by atoms with E-state index in [2.05, 4.69) is 12.1 Å². The first-order chi connectivity index (χ1) is 17.2. The van der Waals surface area contributed by atoms with Gasteiger partial charge in [-0.25, -0.2) is 17.9 Å². The van der Waals surface area contributed by atoms with Crippen molar-refractivity contribution in [1.82, 2.24) is 4.72 Å². The number of oxime groups is 1. The van der Waals surface area contributed by atoms with E-state index in [0.29, 0.717) is 6.61 Å². The van der Waals surface area contributed by atoms with Crippen LogP contribution in [0.15, 0.2) is 40.4 Å². The SMILES string of the molecule is CCCCCCCCCCO[C@@H]1[C@H]2OC(C)(C)O[C@H]2O[C@@H]1C=NOC(=O)NS(=O)(=O)c1ccccc1. The fourth-order valence-corrected chi connectivity index (χ4v) is 5.08. The second-order valence-corrected chi connectivity index (χ2v) is 11.1. The summed E-state index contributed by atoms with van der Waals surface area (Å²) in [5.41, 5.74) is 0. The maximum absolute atomic E-state index is 12.2. The number of benzene rings is 1. The highest BCUT2D eigenvalue weighted by Gasteiger charge is 2.55. The van der Waals surface area contributed by atoms with Gasteiger partial charge in [-0.15, -0.1) is 0 Å². The lowest BCUT2D eigenvalue weighted by Gasteiger charge is -2.24. The van der Waals surface area contributed by atoms with Gasteiger partial charge in [-0.2, -0.15) is 0 Å². The first kappa shape index (κ1) is 28.5. The van der Waals surface area contributed by atoms with Crippen LogP contribution in [0.25, 0.3) is 0 Å². The summed E-state index contributed by atoms with van der Waals surface area (Å²) in [6.45, 7) is 6.34. The van der Waals surface area contributed by atoms with Gasteiger partial charge < -0.3 is 18.9 Å². The number of unbranched alkanes of at least 4 members (excludes halogenated alkanes) is 7. The highest BCUT2D eigenvalue weighted by molar-refractivity contribution is 7.90. The van der Waals surface area contributed by atoms with Crippen molar-refractivity contribution < 1.29 is 37.0 Å². The highest BCUT2D eigenvalue weighted by Crippen LogP contribution is 2.38. The minimum atomic E-state index is -4.07. The molecule has 36 heavy (non-hydrogen) atoms. The summed E-state index contributed by atoms with van der Waals surface area (Å²) in [7, 11) is -4.07. The first-order valence-electron chi connectivity index (χ1n) is 12.7. The van der Waals surface area contributed by atoms with Crippen molar-refractivity contribution in [3.8, 4) is 0 Å². The number of sulfonamides is 1. The molecule has 11 heteroatoms. The van der Waals surface area contributed by atoms with Crippen LogP contribution in [0, 0.1) is 0 Å². The summed E-state index contributed by atoms with van der Waals surface area (Å²) in [6.07, 6.45) is 7.21. The topological polar surface area (TPSA) is 122 Å².